The van der Waals surface area contributed by atoms with E-state index in [4.69, 9.17) is 11.8 Å². The Morgan fingerprint density at radius 1 is 0.875 bits per heavy atom. The van der Waals surface area contributed by atoms with Crippen molar-refractivity contribution in [1.82, 2.24) is 0 Å². The molecule has 0 bridgehead atoms. The van der Waals surface area contributed by atoms with Crippen molar-refractivity contribution >= 4 is 22.7 Å². The van der Waals surface area contributed by atoms with Crippen LogP contribution in [0.4, 0.5) is 22.7 Å². The van der Waals surface area contributed by atoms with Crippen molar-refractivity contribution in [2.24, 2.45) is 0 Å². The normalized spacial score (nSPS) is 9.75. The van der Waals surface area contributed by atoms with Gasteiger partial charge in [0.2, 0.25) is 0 Å². The minimum absolute atomic E-state index is 0.170. The molecule has 0 aliphatic heterocycles. The lowest BCUT2D eigenvalue weighted by Crippen LogP contribution is -2.09. The van der Waals surface area contributed by atoms with Crippen LogP contribution in [0.15, 0.2) is 72.8 Å². The van der Waals surface area contributed by atoms with E-state index in [1.807, 2.05) is 35.2 Å². The maximum atomic E-state index is 9.81. The van der Waals surface area contributed by atoms with Crippen LogP contribution >= 0.6 is 0 Å². The van der Waals surface area contributed by atoms with Crippen LogP contribution in [0.1, 0.15) is 5.56 Å². The van der Waals surface area contributed by atoms with Gasteiger partial charge in [-0.2, -0.15) is 5.26 Å². The average Bonchev–Trinajstić information content (AvgIpc) is 2.63. The van der Waals surface area contributed by atoms with Crippen molar-refractivity contribution in [3.05, 3.63) is 89.8 Å². The molecule has 0 atom stereocenters. The number of hydrogen-bond donors (Lipinski definition) is 1. The molecular weight excluding hydrogens is 298 g/mol. The molecule has 24 heavy (non-hydrogen) atoms. The first-order valence-corrected chi connectivity index (χ1v) is 7.28. The van der Waals surface area contributed by atoms with Crippen molar-refractivity contribution in [1.29, 1.82) is 5.26 Å². The molecule has 4 heteroatoms. The number of phenols is 1. The number of nitrogens with zero attached hydrogens (tertiary/aromatic N) is 3. The topological polar surface area (TPSA) is 51.6 Å². The number of nitriles is 1. The lowest BCUT2D eigenvalue weighted by Gasteiger charge is -2.25. The first-order valence-electron chi connectivity index (χ1n) is 7.28. The lowest BCUT2D eigenvalue weighted by molar-refractivity contribution is 0.475. The summed E-state index contributed by atoms with van der Waals surface area (Å²) >= 11 is 0. The second-order valence-corrected chi connectivity index (χ2v) is 5.14. The number of anilines is 3. The van der Waals surface area contributed by atoms with Crippen LogP contribution in [0, 0.1) is 17.9 Å². The Hall–Kier alpha value is -3.76. The van der Waals surface area contributed by atoms with E-state index in [-0.39, 0.29) is 5.75 Å². The second kappa shape index (κ2) is 6.56. The highest BCUT2D eigenvalue weighted by Gasteiger charge is 2.13. The zero-order chi connectivity index (χ0) is 16.9. The smallest absolute Gasteiger partial charge is 0.187 e. The summed E-state index contributed by atoms with van der Waals surface area (Å²) in [6.45, 7) is 7.07. The maximum Gasteiger partial charge on any atom is 0.187 e. The summed E-state index contributed by atoms with van der Waals surface area (Å²) < 4.78 is 0. The highest BCUT2D eigenvalue weighted by Crippen LogP contribution is 2.36. The van der Waals surface area contributed by atoms with Crippen LogP contribution in [0.5, 0.6) is 5.75 Å². The van der Waals surface area contributed by atoms with Gasteiger partial charge in [0.05, 0.1) is 18.2 Å². The molecule has 3 aromatic rings. The van der Waals surface area contributed by atoms with E-state index in [0.717, 1.165) is 17.1 Å². The van der Waals surface area contributed by atoms with Gasteiger partial charge in [-0.25, -0.2) is 4.85 Å². The predicted octanol–water partition coefficient (Wildman–Crippen LogP) is 5.28. The fourth-order valence-electron chi connectivity index (χ4n) is 2.44. The predicted molar refractivity (Wildman–Crippen MR) is 93.8 cm³/mol. The first kappa shape index (κ1) is 15.1. The molecule has 0 saturated heterocycles. The van der Waals surface area contributed by atoms with E-state index in [9.17, 15) is 5.11 Å². The monoisotopic (exact) mass is 311 g/mol. The van der Waals surface area contributed by atoms with Gasteiger partial charge in [-0.3, -0.25) is 0 Å². The largest absolute Gasteiger partial charge is 0.508 e. The summed E-state index contributed by atoms with van der Waals surface area (Å²) in [6.07, 6.45) is 0. The fraction of sp³-hybridized carbons (Fsp3) is 0. The molecule has 0 aliphatic carbocycles. The van der Waals surface area contributed by atoms with Crippen molar-refractivity contribution in [2.75, 3.05) is 4.90 Å². The van der Waals surface area contributed by atoms with Gasteiger partial charge in [-0.1, -0.05) is 18.2 Å². The van der Waals surface area contributed by atoms with Gasteiger partial charge in [0.15, 0.2) is 5.69 Å². The van der Waals surface area contributed by atoms with Crippen molar-refractivity contribution < 1.29 is 5.11 Å². The SMILES string of the molecule is [C-]#[N+]c1ccc(N(c2ccc(C#N)cc2)c2cccc(O)c2)cc1. The molecule has 114 valence electrons. The molecule has 0 aliphatic rings. The standard InChI is InChI=1S/C20H13N3O/c1-22-16-7-11-18(12-8-16)23(19-3-2-4-20(24)13-19)17-9-5-15(14-21)6-10-17/h2-13,24H. The molecule has 0 unspecified atom stereocenters. The molecule has 1 N–H and O–H groups in total. The average molecular weight is 311 g/mol. The van der Waals surface area contributed by atoms with Gasteiger partial charge in [0, 0.05) is 23.1 Å². The van der Waals surface area contributed by atoms with E-state index >= 15 is 0 Å². The van der Waals surface area contributed by atoms with Gasteiger partial charge < -0.3 is 10.0 Å². The van der Waals surface area contributed by atoms with Crippen molar-refractivity contribution in [3.8, 4) is 11.8 Å². The zero-order valence-corrected chi connectivity index (χ0v) is 12.7. The zero-order valence-electron chi connectivity index (χ0n) is 12.7. The van der Waals surface area contributed by atoms with Crippen LogP contribution in [-0.4, -0.2) is 5.11 Å². The molecule has 3 aromatic carbocycles. The van der Waals surface area contributed by atoms with Gasteiger partial charge in [-0.05, 0) is 48.5 Å². The third-order valence-corrected chi connectivity index (χ3v) is 3.58. The molecule has 0 radical (unpaired) electrons. The third kappa shape index (κ3) is 3.04. The van der Waals surface area contributed by atoms with Gasteiger partial charge in [0.1, 0.15) is 5.75 Å². The van der Waals surface area contributed by atoms with Crippen LogP contribution in [0.3, 0.4) is 0 Å². The molecule has 4 nitrogen and oxygen atoms in total. The van der Waals surface area contributed by atoms with E-state index in [1.165, 1.54) is 0 Å². The lowest BCUT2D eigenvalue weighted by atomic mass is 10.1. The summed E-state index contributed by atoms with van der Waals surface area (Å²) in [7, 11) is 0. The number of rotatable bonds is 3. The summed E-state index contributed by atoms with van der Waals surface area (Å²) in [6, 6.07) is 23.5. The molecule has 0 amide bonds. The highest BCUT2D eigenvalue weighted by atomic mass is 16.3. The van der Waals surface area contributed by atoms with E-state index < -0.39 is 0 Å². The highest BCUT2D eigenvalue weighted by molar-refractivity contribution is 5.78. The Balaban J connectivity index is 2.12. The molecular formula is C20H13N3O. The van der Waals surface area contributed by atoms with Crippen LogP contribution < -0.4 is 4.90 Å². The number of aromatic hydroxyl groups is 1. The Morgan fingerprint density at radius 3 is 2.04 bits per heavy atom. The van der Waals surface area contributed by atoms with E-state index in [2.05, 4.69) is 10.9 Å². The molecule has 3 rings (SSSR count). The summed E-state index contributed by atoms with van der Waals surface area (Å²) in [5, 5.41) is 18.8. The summed E-state index contributed by atoms with van der Waals surface area (Å²) in [5.41, 5.74) is 3.65. The van der Waals surface area contributed by atoms with Crippen LogP contribution in [0.2, 0.25) is 0 Å². The first-order chi connectivity index (χ1) is 11.7. The Bertz CT molecular complexity index is 875. The molecule has 0 fully saturated rings. The maximum absolute atomic E-state index is 9.81. The number of phenolic OH excluding ortho intramolecular Hbond substituents is 1. The quantitative estimate of drug-likeness (QED) is 0.669. The molecule has 0 saturated carbocycles. The van der Waals surface area contributed by atoms with Crippen LogP contribution in [0.25, 0.3) is 4.85 Å². The number of hydrogen-bond acceptors (Lipinski definition) is 3. The van der Waals surface area contributed by atoms with Crippen molar-refractivity contribution in [3.63, 3.8) is 0 Å². The molecule has 0 spiro atoms. The Kier molecular flexibility index (Phi) is 4.14. The number of benzene rings is 3. The second-order valence-electron chi connectivity index (χ2n) is 5.14. The fourth-order valence-corrected chi connectivity index (χ4v) is 2.44. The molecule has 0 heterocycles. The van der Waals surface area contributed by atoms with Crippen molar-refractivity contribution in [2.45, 2.75) is 0 Å². The minimum atomic E-state index is 0.170. The van der Waals surface area contributed by atoms with E-state index in [1.54, 1.807) is 42.5 Å². The summed E-state index contributed by atoms with van der Waals surface area (Å²) in [5.74, 6) is 0.170. The Morgan fingerprint density at radius 2 is 1.50 bits per heavy atom. The van der Waals surface area contributed by atoms with Gasteiger partial charge >= 0.3 is 0 Å². The van der Waals surface area contributed by atoms with Crippen LogP contribution in [-0.2, 0) is 0 Å². The third-order valence-electron chi connectivity index (χ3n) is 3.58. The molecule has 0 aromatic heterocycles. The summed E-state index contributed by atoms with van der Waals surface area (Å²) in [4.78, 5) is 5.36. The van der Waals surface area contributed by atoms with Gasteiger partial charge in [-0.15, -0.1) is 0 Å². The van der Waals surface area contributed by atoms with Gasteiger partial charge in [0.25, 0.3) is 0 Å². The minimum Gasteiger partial charge on any atom is -0.508 e. The Labute approximate surface area is 140 Å². The van der Waals surface area contributed by atoms with E-state index in [0.29, 0.717) is 11.3 Å².